The Balaban J connectivity index is 2.88. The summed E-state index contributed by atoms with van der Waals surface area (Å²) >= 11 is 6.65. The molecule has 1 aromatic carbocycles. The zero-order valence-corrected chi connectivity index (χ0v) is 13.2. The SMILES string of the molecule is CC(C)(C)C(=O)CC(=O)c1ccc(Br)cc1Br. The van der Waals surface area contributed by atoms with Gasteiger partial charge in [-0.25, -0.2) is 0 Å². The van der Waals surface area contributed by atoms with E-state index in [1.165, 1.54) is 0 Å². The van der Waals surface area contributed by atoms with Gasteiger partial charge in [-0.15, -0.1) is 0 Å². The predicted octanol–water partition coefficient (Wildman–Crippen LogP) is 4.40. The predicted molar refractivity (Wildman–Crippen MR) is 75.3 cm³/mol. The van der Waals surface area contributed by atoms with Crippen LogP contribution in [0.1, 0.15) is 37.6 Å². The quantitative estimate of drug-likeness (QED) is 0.590. The Morgan fingerprint density at radius 1 is 1.18 bits per heavy atom. The molecule has 0 radical (unpaired) electrons. The first-order valence-corrected chi connectivity index (χ1v) is 6.82. The van der Waals surface area contributed by atoms with Crippen LogP contribution in [0.25, 0.3) is 0 Å². The summed E-state index contributed by atoms with van der Waals surface area (Å²) in [6.45, 7) is 5.46. The minimum atomic E-state index is -0.475. The van der Waals surface area contributed by atoms with Crippen molar-refractivity contribution < 1.29 is 9.59 Å². The van der Waals surface area contributed by atoms with Crippen LogP contribution in [0.3, 0.4) is 0 Å². The highest BCUT2D eigenvalue weighted by molar-refractivity contribution is 9.11. The zero-order chi connectivity index (χ0) is 13.2. The van der Waals surface area contributed by atoms with Gasteiger partial charge in [-0.2, -0.15) is 0 Å². The van der Waals surface area contributed by atoms with Gasteiger partial charge in [0, 0.05) is 19.9 Å². The normalized spacial score (nSPS) is 11.4. The maximum absolute atomic E-state index is 12.0. The summed E-state index contributed by atoms with van der Waals surface area (Å²) in [5, 5.41) is 0. The number of hydrogen-bond donors (Lipinski definition) is 0. The highest BCUT2D eigenvalue weighted by atomic mass is 79.9. The second kappa shape index (κ2) is 5.44. The van der Waals surface area contributed by atoms with Crippen molar-refractivity contribution in [2.45, 2.75) is 27.2 Å². The van der Waals surface area contributed by atoms with E-state index in [1.807, 2.05) is 20.8 Å². The van der Waals surface area contributed by atoms with Crippen molar-refractivity contribution in [1.82, 2.24) is 0 Å². The van der Waals surface area contributed by atoms with Crippen LogP contribution in [0.15, 0.2) is 27.1 Å². The third-order valence-corrected chi connectivity index (χ3v) is 3.54. The number of benzene rings is 1. The number of Topliss-reactive ketones (excluding diaryl/α,β-unsaturated/α-hetero) is 2. The molecule has 0 spiro atoms. The van der Waals surface area contributed by atoms with E-state index in [-0.39, 0.29) is 18.0 Å². The van der Waals surface area contributed by atoms with Crippen LogP contribution in [-0.2, 0) is 4.79 Å². The first-order chi connectivity index (χ1) is 7.71. The highest BCUT2D eigenvalue weighted by Gasteiger charge is 2.24. The van der Waals surface area contributed by atoms with Gasteiger partial charge in [0.25, 0.3) is 0 Å². The van der Waals surface area contributed by atoms with Gasteiger partial charge in [-0.05, 0) is 18.2 Å². The van der Waals surface area contributed by atoms with Crippen molar-refractivity contribution >= 4 is 43.4 Å². The van der Waals surface area contributed by atoms with Crippen LogP contribution in [-0.4, -0.2) is 11.6 Å². The van der Waals surface area contributed by atoms with Crippen molar-refractivity contribution in [3.63, 3.8) is 0 Å². The minimum absolute atomic E-state index is 0.0441. The molecule has 1 rings (SSSR count). The van der Waals surface area contributed by atoms with Gasteiger partial charge in [0.1, 0.15) is 5.78 Å². The second-order valence-electron chi connectivity index (χ2n) is 4.90. The Morgan fingerprint density at radius 2 is 1.76 bits per heavy atom. The van der Waals surface area contributed by atoms with E-state index in [0.717, 1.165) is 4.47 Å². The Labute approximate surface area is 118 Å². The van der Waals surface area contributed by atoms with E-state index in [0.29, 0.717) is 10.0 Å². The molecule has 0 aromatic heterocycles. The Hall–Kier alpha value is -0.480. The Bertz CT molecular complexity index is 459. The number of carbonyl (C=O) groups is 2. The fourth-order valence-electron chi connectivity index (χ4n) is 1.22. The largest absolute Gasteiger partial charge is 0.299 e. The molecule has 0 heterocycles. The molecule has 0 bridgehead atoms. The molecule has 2 nitrogen and oxygen atoms in total. The lowest BCUT2D eigenvalue weighted by Crippen LogP contribution is -2.23. The van der Waals surface area contributed by atoms with Gasteiger partial charge < -0.3 is 0 Å². The second-order valence-corrected chi connectivity index (χ2v) is 6.67. The summed E-state index contributed by atoms with van der Waals surface area (Å²) in [5.41, 5.74) is 0.0723. The molecule has 0 unspecified atom stereocenters. The molecule has 17 heavy (non-hydrogen) atoms. The lowest BCUT2D eigenvalue weighted by molar-refractivity contribution is -0.125. The lowest BCUT2D eigenvalue weighted by Gasteiger charge is -2.16. The topological polar surface area (TPSA) is 34.1 Å². The van der Waals surface area contributed by atoms with Gasteiger partial charge in [0.2, 0.25) is 0 Å². The summed E-state index contributed by atoms with van der Waals surface area (Å²) in [7, 11) is 0. The molecular weight excluding hydrogens is 348 g/mol. The van der Waals surface area contributed by atoms with E-state index < -0.39 is 5.41 Å². The van der Waals surface area contributed by atoms with Gasteiger partial charge >= 0.3 is 0 Å². The number of hydrogen-bond acceptors (Lipinski definition) is 2. The fraction of sp³-hybridized carbons (Fsp3) is 0.385. The molecular formula is C13H14Br2O2. The molecule has 0 aliphatic rings. The molecule has 0 aliphatic heterocycles. The molecule has 0 fully saturated rings. The molecule has 0 atom stereocenters. The zero-order valence-electron chi connectivity index (χ0n) is 10.0. The first kappa shape index (κ1) is 14.6. The van der Waals surface area contributed by atoms with Gasteiger partial charge in [-0.1, -0.05) is 52.6 Å². The van der Waals surface area contributed by atoms with Crippen molar-refractivity contribution in [1.29, 1.82) is 0 Å². The van der Waals surface area contributed by atoms with Crippen LogP contribution in [0.4, 0.5) is 0 Å². The van der Waals surface area contributed by atoms with Crippen LogP contribution < -0.4 is 0 Å². The maximum Gasteiger partial charge on any atom is 0.171 e. The van der Waals surface area contributed by atoms with Crippen LogP contribution in [0.5, 0.6) is 0 Å². The summed E-state index contributed by atoms with van der Waals surface area (Å²) < 4.78 is 1.60. The van der Waals surface area contributed by atoms with E-state index in [2.05, 4.69) is 31.9 Å². The van der Waals surface area contributed by atoms with Crippen LogP contribution in [0, 0.1) is 5.41 Å². The summed E-state index contributed by atoms with van der Waals surface area (Å²) in [6.07, 6.45) is -0.0519. The number of halogens is 2. The third kappa shape index (κ3) is 4.03. The number of rotatable bonds is 3. The summed E-state index contributed by atoms with van der Waals surface area (Å²) in [4.78, 5) is 23.7. The van der Waals surface area contributed by atoms with Crippen LogP contribution >= 0.6 is 31.9 Å². The third-order valence-electron chi connectivity index (χ3n) is 2.39. The average Bonchev–Trinajstić information content (AvgIpc) is 2.15. The maximum atomic E-state index is 12.0. The Morgan fingerprint density at radius 3 is 2.24 bits per heavy atom. The smallest absolute Gasteiger partial charge is 0.171 e. The highest BCUT2D eigenvalue weighted by Crippen LogP contribution is 2.25. The minimum Gasteiger partial charge on any atom is -0.299 e. The van der Waals surface area contributed by atoms with Gasteiger partial charge in [0.15, 0.2) is 5.78 Å². The van der Waals surface area contributed by atoms with Gasteiger partial charge in [0.05, 0.1) is 6.42 Å². The van der Waals surface area contributed by atoms with E-state index >= 15 is 0 Å². The van der Waals surface area contributed by atoms with Crippen LogP contribution in [0.2, 0.25) is 0 Å². The average molecular weight is 362 g/mol. The molecule has 92 valence electrons. The van der Waals surface area contributed by atoms with Crippen molar-refractivity contribution in [2.24, 2.45) is 5.41 Å². The van der Waals surface area contributed by atoms with Crippen molar-refractivity contribution in [3.8, 4) is 0 Å². The fourth-order valence-corrected chi connectivity index (χ4v) is 2.49. The standard InChI is InChI=1S/C13H14Br2O2/c1-13(2,3)12(17)7-11(16)9-5-4-8(14)6-10(9)15/h4-6H,7H2,1-3H3. The van der Waals surface area contributed by atoms with Gasteiger partial charge in [-0.3, -0.25) is 9.59 Å². The number of ketones is 2. The van der Waals surface area contributed by atoms with Crippen molar-refractivity contribution in [3.05, 3.63) is 32.7 Å². The van der Waals surface area contributed by atoms with E-state index in [4.69, 9.17) is 0 Å². The molecule has 0 amide bonds. The monoisotopic (exact) mass is 360 g/mol. The van der Waals surface area contributed by atoms with E-state index in [9.17, 15) is 9.59 Å². The first-order valence-electron chi connectivity index (χ1n) is 5.23. The molecule has 0 saturated heterocycles. The summed E-state index contributed by atoms with van der Waals surface area (Å²) in [6, 6.07) is 5.31. The molecule has 1 aromatic rings. The van der Waals surface area contributed by atoms with E-state index in [1.54, 1.807) is 18.2 Å². The van der Waals surface area contributed by atoms with Crippen molar-refractivity contribution in [2.75, 3.05) is 0 Å². The number of carbonyl (C=O) groups excluding carboxylic acids is 2. The summed E-state index contributed by atoms with van der Waals surface area (Å²) in [5.74, 6) is -0.193. The molecule has 4 heteroatoms. The lowest BCUT2D eigenvalue weighted by atomic mass is 9.87. The molecule has 0 aliphatic carbocycles. The Kier molecular flexibility index (Phi) is 4.67. The molecule has 0 N–H and O–H groups in total. The molecule has 0 saturated carbocycles.